The van der Waals surface area contributed by atoms with E-state index in [0.717, 1.165) is 0 Å². The van der Waals surface area contributed by atoms with E-state index in [-0.39, 0.29) is 5.97 Å². The molecule has 17 heavy (non-hydrogen) atoms. The van der Waals surface area contributed by atoms with Crippen LogP contribution in [0.15, 0.2) is 24.3 Å². The first-order chi connectivity index (χ1) is 8.27. The highest BCUT2D eigenvalue weighted by Gasteiger charge is 2.23. The molecule has 0 unspecified atom stereocenters. The molecule has 0 amide bonds. The molecule has 1 heterocycles. The molecule has 0 saturated carbocycles. The number of carbonyl (C=O) groups is 1. The lowest BCUT2D eigenvalue weighted by molar-refractivity contribution is -0.136. The Bertz CT molecular complexity index is 462. The topological polar surface area (TPSA) is 44.8 Å². The molecular formula is C13H14O4. The number of methoxy groups -OCH3 is 1. The lowest BCUT2D eigenvalue weighted by Gasteiger charge is -2.19. The van der Waals surface area contributed by atoms with E-state index in [0.29, 0.717) is 35.8 Å². The van der Waals surface area contributed by atoms with E-state index in [1.807, 2.05) is 12.1 Å². The van der Waals surface area contributed by atoms with Crippen LogP contribution in [0.1, 0.15) is 12.5 Å². The van der Waals surface area contributed by atoms with Crippen LogP contribution in [0, 0.1) is 0 Å². The summed E-state index contributed by atoms with van der Waals surface area (Å²) in [7, 11) is 1.57. The minimum atomic E-state index is -0.328. The van der Waals surface area contributed by atoms with E-state index in [9.17, 15) is 4.79 Å². The quantitative estimate of drug-likeness (QED) is 0.751. The van der Waals surface area contributed by atoms with Crippen LogP contribution in [0.3, 0.4) is 0 Å². The molecule has 0 radical (unpaired) electrons. The fraction of sp³-hybridized carbons (Fsp3) is 0.308. The molecule has 1 aromatic carbocycles. The van der Waals surface area contributed by atoms with Crippen LogP contribution in [0.2, 0.25) is 0 Å². The van der Waals surface area contributed by atoms with E-state index in [1.165, 1.54) is 0 Å². The van der Waals surface area contributed by atoms with Crippen molar-refractivity contribution < 1.29 is 19.0 Å². The molecule has 0 bridgehead atoms. The normalized spacial score (nSPS) is 13.2. The first-order valence-corrected chi connectivity index (χ1v) is 5.45. The van der Waals surface area contributed by atoms with Crippen LogP contribution >= 0.6 is 0 Å². The highest BCUT2D eigenvalue weighted by molar-refractivity contribution is 6.17. The SMILES string of the molecule is CCOC(=O)C1=CCOc2c(OC)cccc21. The van der Waals surface area contributed by atoms with Crippen molar-refractivity contribution in [1.29, 1.82) is 0 Å². The molecular weight excluding hydrogens is 220 g/mol. The maximum Gasteiger partial charge on any atom is 0.338 e. The van der Waals surface area contributed by atoms with Crippen molar-refractivity contribution in [3.8, 4) is 11.5 Å². The van der Waals surface area contributed by atoms with Gasteiger partial charge in [-0.2, -0.15) is 0 Å². The molecule has 4 heteroatoms. The van der Waals surface area contributed by atoms with Crippen molar-refractivity contribution in [2.75, 3.05) is 20.3 Å². The van der Waals surface area contributed by atoms with E-state index >= 15 is 0 Å². The maximum atomic E-state index is 11.8. The molecule has 4 nitrogen and oxygen atoms in total. The van der Waals surface area contributed by atoms with E-state index < -0.39 is 0 Å². The Hall–Kier alpha value is -1.97. The van der Waals surface area contributed by atoms with Crippen molar-refractivity contribution in [2.45, 2.75) is 6.92 Å². The van der Waals surface area contributed by atoms with E-state index in [2.05, 4.69) is 0 Å². The third kappa shape index (κ3) is 2.11. The zero-order valence-corrected chi connectivity index (χ0v) is 9.86. The van der Waals surface area contributed by atoms with Crippen LogP contribution in [0.5, 0.6) is 11.5 Å². The van der Waals surface area contributed by atoms with Crippen LogP contribution in [0.25, 0.3) is 5.57 Å². The predicted molar refractivity (Wildman–Crippen MR) is 63.1 cm³/mol. The molecule has 1 aliphatic heterocycles. The van der Waals surface area contributed by atoms with Gasteiger partial charge in [0.25, 0.3) is 0 Å². The molecule has 2 rings (SSSR count). The number of hydrogen-bond donors (Lipinski definition) is 0. The second-order valence-electron chi connectivity index (χ2n) is 3.49. The van der Waals surface area contributed by atoms with Gasteiger partial charge in [-0.15, -0.1) is 0 Å². The summed E-state index contributed by atoms with van der Waals surface area (Å²) in [5, 5.41) is 0. The van der Waals surface area contributed by atoms with Gasteiger partial charge < -0.3 is 14.2 Å². The molecule has 0 N–H and O–H groups in total. The fourth-order valence-corrected chi connectivity index (χ4v) is 1.76. The first-order valence-electron chi connectivity index (χ1n) is 5.45. The van der Waals surface area contributed by atoms with E-state index in [4.69, 9.17) is 14.2 Å². The summed E-state index contributed by atoms with van der Waals surface area (Å²) in [6.07, 6.45) is 1.72. The van der Waals surface area contributed by atoms with Gasteiger partial charge in [-0.3, -0.25) is 0 Å². The Labute approximate surface area is 99.8 Å². The summed E-state index contributed by atoms with van der Waals surface area (Å²) in [5.74, 6) is 0.892. The molecule has 0 fully saturated rings. The molecule has 0 aromatic heterocycles. The average Bonchev–Trinajstić information content (AvgIpc) is 2.37. The van der Waals surface area contributed by atoms with Gasteiger partial charge in [0.05, 0.1) is 19.3 Å². The Morgan fingerprint density at radius 1 is 1.47 bits per heavy atom. The van der Waals surface area contributed by atoms with Gasteiger partial charge in [0, 0.05) is 5.56 Å². The summed E-state index contributed by atoms with van der Waals surface area (Å²) < 4.78 is 15.7. The number of benzene rings is 1. The summed E-state index contributed by atoms with van der Waals surface area (Å²) >= 11 is 0. The molecule has 0 atom stereocenters. The predicted octanol–water partition coefficient (Wildman–Crippen LogP) is 2.03. The van der Waals surface area contributed by atoms with Crippen molar-refractivity contribution >= 4 is 11.5 Å². The Morgan fingerprint density at radius 2 is 2.29 bits per heavy atom. The summed E-state index contributed by atoms with van der Waals surface area (Å²) in [5.41, 5.74) is 1.25. The number of hydrogen-bond acceptors (Lipinski definition) is 4. The highest BCUT2D eigenvalue weighted by Crippen LogP contribution is 2.38. The van der Waals surface area contributed by atoms with Crippen molar-refractivity contribution in [1.82, 2.24) is 0 Å². The first kappa shape index (κ1) is 11.5. The number of carbonyl (C=O) groups excluding carboxylic acids is 1. The van der Waals surface area contributed by atoms with Gasteiger partial charge >= 0.3 is 5.97 Å². The van der Waals surface area contributed by atoms with Crippen LogP contribution in [-0.2, 0) is 9.53 Å². The van der Waals surface area contributed by atoms with Gasteiger partial charge in [-0.1, -0.05) is 12.1 Å². The average molecular weight is 234 g/mol. The monoisotopic (exact) mass is 234 g/mol. The van der Waals surface area contributed by atoms with Gasteiger partial charge in [0.15, 0.2) is 11.5 Å². The van der Waals surface area contributed by atoms with Crippen LogP contribution in [-0.4, -0.2) is 26.3 Å². The molecule has 1 aliphatic rings. The van der Waals surface area contributed by atoms with Crippen molar-refractivity contribution in [3.05, 3.63) is 29.8 Å². The molecule has 0 spiro atoms. The van der Waals surface area contributed by atoms with Gasteiger partial charge in [0.1, 0.15) is 6.61 Å². The van der Waals surface area contributed by atoms with Crippen molar-refractivity contribution in [2.24, 2.45) is 0 Å². The zero-order chi connectivity index (χ0) is 12.3. The second kappa shape index (κ2) is 4.91. The largest absolute Gasteiger partial charge is 0.493 e. The maximum absolute atomic E-state index is 11.8. The highest BCUT2D eigenvalue weighted by atomic mass is 16.5. The van der Waals surface area contributed by atoms with Crippen LogP contribution < -0.4 is 9.47 Å². The third-order valence-corrected chi connectivity index (χ3v) is 2.50. The van der Waals surface area contributed by atoms with E-state index in [1.54, 1.807) is 26.2 Å². The lowest BCUT2D eigenvalue weighted by Crippen LogP contribution is -2.14. The molecule has 0 saturated heterocycles. The minimum Gasteiger partial charge on any atom is -0.493 e. The molecule has 0 aliphatic carbocycles. The minimum absolute atomic E-state index is 0.328. The second-order valence-corrected chi connectivity index (χ2v) is 3.49. The number of para-hydroxylation sites is 1. The number of fused-ring (bicyclic) bond motifs is 1. The van der Waals surface area contributed by atoms with Gasteiger partial charge in [0.2, 0.25) is 0 Å². The number of rotatable bonds is 3. The summed E-state index contributed by atoms with van der Waals surface area (Å²) in [6, 6.07) is 5.44. The third-order valence-electron chi connectivity index (χ3n) is 2.50. The fourth-order valence-electron chi connectivity index (χ4n) is 1.76. The Kier molecular flexibility index (Phi) is 3.32. The number of ether oxygens (including phenoxy) is 3. The Balaban J connectivity index is 2.41. The standard InChI is InChI=1S/C13H14O4/c1-3-16-13(14)10-7-8-17-12-9(10)5-4-6-11(12)15-2/h4-7H,3,8H2,1-2H3. The van der Waals surface area contributed by atoms with Gasteiger partial charge in [-0.25, -0.2) is 4.79 Å². The molecule has 1 aromatic rings. The van der Waals surface area contributed by atoms with Gasteiger partial charge in [-0.05, 0) is 19.1 Å². The summed E-state index contributed by atoms with van der Waals surface area (Å²) in [4.78, 5) is 11.8. The van der Waals surface area contributed by atoms with Crippen molar-refractivity contribution in [3.63, 3.8) is 0 Å². The smallest absolute Gasteiger partial charge is 0.338 e. The van der Waals surface area contributed by atoms with Crippen LogP contribution in [0.4, 0.5) is 0 Å². The summed E-state index contributed by atoms with van der Waals surface area (Å²) in [6.45, 7) is 2.49. The molecule has 90 valence electrons. The zero-order valence-electron chi connectivity index (χ0n) is 9.86. The Morgan fingerprint density at radius 3 is 3.00 bits per heavy atom. The number of esters is 1. The lowest BCUT2D eigenvalue weighted by atomic mass is 10.0.